The average molecular weight is 637 g/mol. The van der Waals surface area contributed by atoms with Gasteiger partial charge in [0.1, 0.15) is 18.0 Å². The molecule has 1 aromatic heterocycles. The van der Waals surface area contributed by atoms with E-state index < -0.39 is 42.0 Å². The van der Waals surface area contributed by atoms with Gasteiger partial charge in [0.25, 0.3) is 0 Å². The summed E-state index contributed by atoms with van der Waals surface area (Å²) in [5.74, 6) is -1.85. The fraction of sp³-hybridized carbons (Fsp3) is 0.394. The van der Waals surface area contributed by atoms with E-state index in [1.165, 1.54) is 5.56 Å². The van der Waals surface area contributed by atoms with Crippen molar-refractivity contribution in [2.75, 3.05) is 19.9 Å². The molecule has 244 valence electrons. The van der Waals surface area contributed by atoms with Gasteiger partial charge < -0.3 is 39.7 Å². The van der Waals surface area contributed by atoms with Gasteiger partial charge in [0, 0.05) is 37.3 Å². The van der Waals surface area contributed by atoms with E-state index in [0.29, 0.717) is 12.5 Å². The molecule has 5 N–H and O–H groups in total. The van der Waals surface area contributed by atoms with Crippen LogP contribution in [0.2, 0.25) is 0 Å². The number of carbonyl (C=O) groups is 3. The number of carboxylic acid groups (broad SMARTS) is 3. The van der Waals surface area contributed by atoms with E-state index in [1.54, 1.807) is 6.20 Å². The van der Waals surface area contributed by atoms with Crippen LogP contribution in [0.25, 0.3) is 0 Å². The normalized spacial score (nSPS) is 21.6. The number of aromatic nitrogens is 1. The second-order valence-corrected chi connectivity index (χ2v) is 11.8. The predicted molar refractivity (Wildman–Crippen MR) is 160 cm³/mol. The fourth-order valence-electron chi connectivity index (χ4n) is 6.37. The number of fused-ring (bicyclic) bond motifs is 2. The highest BCUT2D eigenvalue weighted by Gasteiger charge is 2.53. The molecule has 2 fully saturated rings. The zero-order valence-corrected chi connectivity index (χ0v) is 24.9. The Morgan fingerprint density at radius 2 is 1.67 bits per heavy atom. The highest BCUT2D eigenvalue weighted by Crippen LogP contribution is 2.50. The molecule has 0 amide bonds. The summed E-state index contributed by atoms with van der Waals surface area (Å²) in [6, 6.07) is 20.0. The molecule has 2 aliphatic heterocycles. The van der Waals surface area contributed by atoms with Crippen LogP contribution in [0.1, 0.15) is 42.5 Å². The number of para-hydroxylation sites is 1. The van der Waals surface area contributed by atoms with E-state index >= 15 is 0 Å². The van der Waals surface area contributed by atoms with Crippen LogP contribution in [0.3, 0.4) is 0 Å². The van der Waals surface area contributed by atoms with Gasteiger partial charge in [0.15, 0.2) is 17.1 Å². The van der Waals surface area contributed by atoms with Crippen LogP contribution < -0.4 is 14.2 Å². The number of aliphatic carboxylic acids is 3. The van der Waals surface area contributed by atoms with Gasteiger partial charge in [-0.3, -0.25) is 19.5 Å². The Morgan fingerprint density at radius 3 is 2.37 bits per heavy atom. The molecule has 1 saturated heterocycles. The fourth-order valence-corrected chi connectivity index (χ4v) is 6.37. The number of nitrogens with zero attached hydrogens (tertiary/aromatic N) is 2. The molecule has 1 aliphatic carbocycles. The average Bonchev–Trinajstić information content (AvgIpc) is 3.73. The summed E-state index contributed by atoms with van der Waals surface area (Å²) in [7, 11) is 0. The molecule has 0 spiro atoms. The minimum atomic E-state index is -2.74. The maximum atomic E-state index is 11.5. The first-order valence-corrected chi connectivity index (χ1v) is 14.8. The highest BCUT2D eigenvalue weighted by atomic mass is 16.7. The molecule has 3 heterocycles. The third kappa shape index (κ3) is 7.39. The monoisotopic (exact) mass is 636 g/mol. The Hall–Kier alpha value is -4.72. The van der Waals surface area contributed by atoms with E-state index in [2.05, 4.69) is 22.0 Å². The van der Waals surface area contributed by atoms with Gasteiger partial charge in [0.2, 0.25) is 6.79 Å². The molecule has 3 atom stereocenters. The predicted octanol–water partition coefficient (Wildman–Crippen LogP) is 2.87. The molecule has 1 saturated carbocycles. The number of pyridine rings is 1. The molecule has 0 radical (unpaired) electrons. The first-order valence-electron chi connectivity index (χ1n) is 14.8. The lowest BCUT2D eigenvalue weighted by Crippen LogP contribution is -2.42. The lowest BCUT2D eigenvalue weighted by atomic mass is 9.85. The molecule has 0 unspecified atom stereocenters. The quantitative estimate of drug-likeness (QED) is 0.206. The highest BCUT2D eigenvalue weighted by molar-refractivity contribution is 5.88. The van der Waals surface area contributed by atoms with Crippen molar-refractivity contribution < 1.29 is 54.1 Å². The lowest BCUT2D eigenvalue weighted by Gasteiger charge is -2.29. The maximum absolute atomic E-state index is 11.5. The molecule has 46 heavy (non-hydrogen) atoms. The van der Waals surface area contributed by atoms with Crippen LogP contribution in [-0.2, 0) is 33.1 Å². The summed E-state index contributed by atoms with van der Waals surface area (Å²) in [6.07, 6.45) is 1.32. The second-order valence-electron chi connectivity index (χ2n) is 11.8. The lowest BCUT2D eigenvalue weighted by molar-refractivity contribution is -0.170. The van der Waals surface area contributed by atoms with E-state index in [1.807, 2.05) is 48.5 Å². The summed E-state index contributed by atoms with van der Waals surface area (Å²) in [6.45, 7) is 3.42. The van der Waals surface area contributed by atoms with Crippen molar-refractivity contribution in [2.45, 2.75) is 50.0 Å². The van der Waals surface area contributed by atoms with Crippen LogP contribution >= 0.6 is 0 Å². The molecule has 13 nitrogen and oxygen atoms in total. The van der Waals surface area contributed by atoms with Gasteiger partial charge in [-0.2, -0.15) is 0 Å². The Labute approximate surface area is 264 Å². The van der Waals surface area contributed by atoms with Crippen LogP contribution in [0, 0.1) is 11.8 Å². The molecule has 0 bridgehead atoms. The van der Waals surface area contributed by atoms with Crippen molar-refractivity contribution in [3.05, 3.63) is 83.7 Å². The maximum Gasteiger partial charge on any atom is 0.336 e. The zero-order chi connectivity index (χ0) is 32.9. The van der Waals surface area contributed by atoms with Gasteiger partial charge in [-0.1, -0.05) is 30.3 Å². The number of ether oxygens (including phenoxy) is 3. The first-order chi connectivity index (χ1) is 22.0. The number of rotatable bonds is 11. The van der Waals surface area contributed by atoms with E-state index in [0.717, 1.165) is 61.0 Å². The van der Waals surface area contributed by atoms with Crippen molar-refractivity contribution in [1.82, 2.24) is 9.88 Å². The molecule has 2 aromatic carbocycles. The molecule has 13 heteroatoms. The van der Waals surface area contributed by atoms with Crippen molar-refractivity contribution in [2.24, 2.45) is 11.8 Å². The number of benzene rings is 2. The van der Waals surface area contributed by atoms with Gasteiger partial charge in [-0.25, -0.2) is 4.79 Å². The molecule has 3 aromatic rings. The first kappa shape index (κ1) is 32.7. The third-order valence-electron chi connectivity index (χ3n) is 8.62. The number of carboxylic acids is 3. The van der Waals surface area contributed by atoms with E-state index in [-0.39, 0.29) is 12.7 Å². The van der Waals surface area contributed by atoms with Crippen molar-refractivity contribution in [3.8, 4) is 17.2 Å². The summed E-state index contributed by atoms with van der Waals surface area (Å²) in [4.78, 5) is 37.4. The minimum absolute atomic E-state index is 0.217. The van der Waals surface area contributed by atoms with E-state index in [4.69, 9.17) is 34.6 Å². The van der Waals surface area contributed by atoms with Gasteiger partial charge in [-0.05, 0) is 54.7 Å². The summed E-state index contributed by atoms with van der Waals surface area (Å²) < 4.78 is 17.1. The second kappa shape index (κ2) is 13.7. The Morgan fingerprint density at radius 1 is 0.957 bits per heavy atom. The SMILES string of the molecule is O=C(O)CC(O)(CC(=O)O)C(=O)O.O[C@@]1(c2ccccn2)CC[C@H]2CN(Cc3ccccc3OCc3ccc4c(c3)OCO4)C[C@H]21. The van der Waals surface area contributed by atoms with Crippen LogP contribution in [0.15, 0.2) is 66.9 Å². The zero-order valence-electron chi connectivity index (χ0n) is 24.9. The van der Waals surface area contributed by atoms with Gasteiger partial charge in [0.05, 0.1) is 18.5 Å². The molecule has 3 aliphatic rings. The number of likely N-dealkylation sites (tertiary alicyclic amines) is 1. The Kier molecular flexibility index (Phi) is 9.75. The Bertz CT molecular complexity index is 1550. The largest absolute Gasteiger partial charge is 0.489 e. The van der Waals surface area contributed by atoms with Crippen LogP contribution in [0.4, 0.5) is 0 Å². The number of hydrogen-bond acceptors (Lipinski definition) is 10. The van der Waals surface area contributed by atoms with Crippen molar-refractivity contribution >= 4 is 17.9 Å². The molecular weight excluding hydrogens is 600 g/mol. The standard InChI is InChI=1S/C27H28N2O4.C6H8O7/c30-27(26-7-3-4-12-28-26)11-10-20-14-29(16-22(20)27)15-21-5-1-2-6-23(21)31-17-19-8-9-24-25(13-19)33-18-32-24;7-3(8)1-6(13,5(11)12)2-4(9)10/h1-9,12-13,20,22,30H,10-11,14-18H2;13H,1-2H2,(H,7,8)(H,9,10)(H,11,12)/t20-,22+,27-;/m0./s1. The van der Waals surface area contributed by atoms with Crippen LogP contribution in [-0.4, -0.2) is 78.8 Å². The summed E-state index contributed by atoms with van der Waals surface area (Å²) in [5.41, 5.74) is -0.537. The number of hydrogen-bond donors (Lipinski definition) is 5. The van der Waals surface area contributed by atoms with Gasteiger partial charge in [-0.15, -0.1) is 0 Å². The molecule has 6 rings (SSSR count). The summed E-state index contributed by atoms with van der Waals surface area (Å²) >= 11 is 0. The van der Waals surface area contributed by atoms with E-state index in [9.17, 15) is 19.5 Å². The van der Waals surface area contributed by atoms with Crippen molar-refractivity contribution in [3.63, 3.8) is 0 Å². The Balaban J connectivity index is 0.000000274. The minimum Gasteiger partial charge on any atom is -0.489 e. The molecular formula is C33H36N2O11. The van der Waals surface area contributed by atoms with Gasteiger partial charge >= 0.3 is 17.9 Å². The summed E-state index contributed by atoms with van der Waals surface area (Å²) in [5, 5.41) is 45.3. The third-order valence-corrected chi connectivity index (χ3v) is 8.62. The van der Waals surface area contributed by atoms with Crippen molar-refractivity contribution in [1.29, 1.82) is 0 Å². The van der Waals surface area contributed by atoms with Crippen LogP contribution in [0.5, 0.6) is 17.2 Å². The number of aliphatic hydroxyl groups is 2. The topological polar surface area (TPSA) is 196 Å². The smallest absolute Gasteiger partial charge is 0.336 e.